The Morgan fingerprint density at radius 1 is 1.12 bits per heavy atom. The minimum atomic E-state index is 0.896. The molecular weight excluding hydrogens is 310 g/mol. The van der Waals surface area contributed by atoms with E-state index in [1.807, 2.05) is 0 Å². The third-order valence-corrected chi connectivity index (χ3v) is 5.18. The molecule has 0 radical (unpaired) electrons. The van der Waals surface area contributed by atoms with Gasteiger partial charge in [0.15, 0.2) is 5.96 Å². The number of para-hydroxylation sites is 1. The SMILES string of the molecule is CCNC(=NCCCN1CCCN(C)CC1)N1CCc2ccccc21. The quantitative estimate of drug-likeness (QED) is 0.504. The molecule has 1 aromatic carbocycles. The number of hydrogen-bond acceptors (Lipinski definition) is 3. The molecule has 1 N–H and O–H groups in total. The Balaban J connectivity index is 1.53. The Bertz CT molecular complexity index is 571. The first kappa shape index (κ1) is 18.2. The molecule has 3 rings (SSSR count). The van der Waals surface area contributed by atoms with Gasteiger partial charge in [0, 0.05) is 38.4 Å². The van der Waals surface area contributed by atoms with Crippen molar-refractivity contribution in [1.82, 2.24) is 15.1 Å². The lowest BCUT2D eigenvalue weighted by atomic mass is 10.2. The van der Waals surface area contributed by atoms with Crippen molar-refractivity contribution in [2.75, 3.05) is 64.3 Å². The van der Waals surface area contributed by atoms with Gasteiger partial charge in [-0.15, -0.1) is 0 Å². The maximum Gasteiger partial charge on any atom is 0.198 e. The predicted octanol–water partition coefficient (Wildman–Crippen LogP) is 2.04. The first-order valence-corrected chi connectivity index (χ1v) is 9.82. The normalized spacial score (nSPS) is 19.8. The number of fused-ring (bicyclic) bond motifs is 1. The third-order valence-electron chi connectivity index (χ3n) is 5.18. The number of rotatable bonds is 5. The van der Waals surface area contributed by atoms with E-state index in [1.54, 1.807) is 0 Å². The van der Waals surface area contributed by atoms with Crippen LogP contribution in [0, 0.1) is 0 Å². The second-order valence-electron chi connectivity index (χ2n) is 7.12. The summed E-state index contributed by atoms with van der Waals surface area (Å²) in [5, 5.41) is 3.48. The Morgan fingerprint density at radius 3 is 2.88 bits per heavy atom. The van der Waals surface area contributed by atoms with Crippen molar-refractivity contribution in [2.45, 2.75) is 26.2 Å². The molecular formula is C20H33N5. The molecule has 138 valence electrons. The van der Waals surface area contributed by atoms with E-state index >= 15 is 0 Å². The van der Waals surface area contributed by atoms with Crippen LogP contribution in [-0.4, -0.2) is 75.2 Å². The summed E-state index contributed by atoms with van der Waals surface area (Å²) in [6, 6.07) is 8.69. The highest BCUT2D eigenvalue weighted by molar-refractivity contribution is 5.97. The van der Waals surface area contributed by atoms with E-state index in [2.05, 4.69) is 58.3 Å². The zero-order valence-corrected chi connectivity index (χ0v) is 15.9. The smallest absolute Gasteiger partial charge is 0.198 e. The molecule has 0 bridgehead atoms. The average molecular weight is 344 g/mol. The van der Waals surface area contributed by atoms with Crippen LogP contribution in [0.2, 0.25) is 0 Å². The number of hydrogen-bond donors (Lipinski definition) is 1. The van der Waals surface area contributed by atoms with Gasteiger partial charge in [-0.25, -0.2) is 0 Å². The average Bonchev–Trinajstić information content (AvgIpc) is 2.94. The monoisotopic (exact) mass is 343 g/mol. The number of benzene rings is 1. The summed E-state index contributed by atoms with van der Waals surface area (Å²) < 4.78 is 0. The number of anilines is 1. The lowest BCUT2D eigenvalue weighted by molar-refractivity contribution is 0.275. The van der Waals surface area contributed by atoms with Crippen molar-refractivity contribution in [1.29, 1.82) is 0 Å². The fraction of sp³-hybridized carbons (Fsp3) is 0.650. The van der Waals surface area contributed by atoms with Gasteiger partial charge in [0.05, 0.1) is 0 Å². The molecule has 0 amide bonds. The molecule has 0 spiro atoms. The molecule has 5 heteroatoms. The summed E-state index contributed by atoms with van der Waals surface area (Å²) in [5.74, 6) is 1.04. The summed E-state index contributed by atoms with van der Waals surface area (Å²) >= 11 is 0. The number of nitrogens with one attached hydrogen (secondary N) is 1. The molecule has 2 aliphatic rings. The van der Waals surface area contributed by atoms with Crippen molar-refractivity contribution < 1.29 is 0 Å². The first-order chi connectivity index (χ1) is 12.3. The lowest BCUT2D eigenvalue weighted by Gasteiger charge is -2.23. The maximum absolute atomic E-state index is 4.91. The van der Waals surface area contributed by atoms with E-state index < -0.39 is 0 Å². The molecule has 2 heterocycles. The Morgan fingerprint density at radius 2 is 2.00 bits per heavy atom. The van der Waals surface area contributed by atoms with Crippen molar-refractivity contribution in [2.24, 2.45) is 4.99 Å². The van der Waals surface area contributed by atoms with Crippen LogP contribution in [0.1, 0.15) is 25.3 Å². The standard InChI is InChI=1S/C20H33N5/c1-3-21-20(25-15-10-18-8-4-5-9-19(18)25)22-11-6-13-24-14-7-12-23(2)16-17-24/h4-5,8-9H,3,6-7,10-17H2,1-2H3,(H,21,22). The largest absolute Gasteiger partial charge is 0.356 e. The van der Waals surface area contributed by atoms with E-state index in [0.717, 1.165) is 45.0 Å². The topological polar surface area (TPSA) is 34.1 Å². The zero-order chi connectivity index (χ0) is 17.5. The van der Waals surface area contributed by atoms with Crippen molar-refractivity contribution in [3.63, 3.8) is 0 Å². The number of likely N-dealkylation sites (N-methyl/N-ethyl adjacent to an activating group) is 1. The molecule has 1 fully saturated rings. The summed E-state index contributed by atoms with van der Waals surface area (Å²) in [5.41, 5.74) is 2.75. The fourth-order valence-corrected chi connectivity index (χ4v) is 3.76. The van der Waals surface area contributed by atoms with Gasteiger partial charge in [0.2, 0.25) is 0 Å². The Labute approximate surface area is 152 Å². The Kier molecular flexibility index (Phi) is 6.70. The van der Waals surface area contributed by atoms with Gasteiger partial charge in [0.1, 0.15) is 0 Å². The van der Waals surface area contributed by atoms with Gasteiger partial charge in [-0.3, -0.25) is 4.99 Å². The minimum absolute atomic E-state index is 0.896. The predicted molar refractivity (Wildman–Crippen MR) is 107 cm³/mol. The van der Waals surface area contributed by atoms with Crippen LogP contribution in [0.3, 0.4) is 0 Å². The van der Waals surface area contributed by atoms with Crippen LogP contribution in [0.5, 0.6) is 0 Å². The van der Waals surface area contributed by atoms with Crippen LogP contribution in [0.15, 0.2) is 29.3 Å². The summed E-state index contributed by atoms with van der Waals surface area (Å²) in [4.78, 5) is 12.3. The van der Waals surface area contributed by atoms with E-state index in [1.165, 1.54) is 43.9 Å². The van der Waals surface area contributed by atoms with Crippen LogP contribution >= 0.6 is 0 Å². The molecule has 1 aromatic rings. The second-order valence-corrected chi connectivity index (χ2v) is 7.12. The number of nitrogens with zero attached hydrogens (tertiary/aromatic N) is 4. The highest BCUT2D eigenvalue weighted by Gasteiger charge is 2.22. The van der Waals surface area contributed by atoms with Crippen LogP contribution in [-0.2, 0) is 6.42 Å². The van der Waals surface area contributed by atoms with E-state index in [-0.39, 0.29) is 0 Å². The molecule has 0 unspecified atom stereocenters. The molecule has 0 atom stereocenters. The molecule has 1 saturated heterocycles. The highest BCUT2D eigenvalue weighted by Crippen LogP contribution is 2.27. The molecule has 2 aliphatic heterocycles. The third kappa shape index (κ3) is 4.95. The van der Waals surface area contributed by atoms with Crippen LogP contribution in [0.25, 0.3) is 0 Å². The highest BCUT2D eigenvalue weighted by atomic mass is 15.3. The first-order valence-electron chi connectivity index (χ1n) is 9.82. The van der Waals surface area contributed by atoms with Gasteiger partial charge in [-0.05, 0) is 64.5 Å². The molecule has 5 nitrogen and oxygen atoms in total. The lowest BCUT2D eigenvalue weighted by Crippen LogP contribution is -2.40. The number of guanidine groups is 1. The summed E-state index contributed by atoms with van der Waals surface area (Å²) in [6.07, 6.45) is 3.53. The van der Waals surface area contributed by atoms with Crippen molar-refractivity contribution in [3.05, 3.63) is 29.8 Å². The van der Waals surface area contributed by atoms with Gasteiger partial charge in [0.25, 0.3) is 0 Å². The summed E-state index contributed by atoms with van der Waals surface area (Å²) in [6.45, 7) is 11.0. The van der Waals surface area contributed by atoms with Gasteiger partial charge in [-0.1, -0.05) is 18.2 Å². The Hall–Kier alpha value is -1.59. The van der Waals surface area contributed by atoms with Crippen molar-refractivity contribution >= 4 is 11.6 Å². The summed E-state index contributed by atoms with van der Waals surface area (Å²) in [7, 11) is 2.23. The van der Waals surface area contributed by atoms with Crippen molar-refractivity contribution in [3.8, 4) is 0 Å². The van der Waals surface area contributed by atoms with Gasteiger partial charge < -0.3 is 20.0 Å². The fourth-order valence-electron chi connectivity index (χ4n) is 3.76. The van der Waals surface area contributed by atoms with Gasteiger partial charge in [-0.2, -0.15) is 0 Å². The molecule has 0 aromatic heterocycles. The van der Waals surface area contributed by atoms with E-state index in [4.69, 9.17) is 4.99 Å². The van der Waals surface area contributed by atoms with Crippen LogP contribution in [0.4, 0.5) is 5.69 Å². The zero-order valence-electron chi connectivity index (χ0n) is 15.9. The van der Waals surface area contributed by atoms with E-state index in [9.17, 15) is 0 Å². The second kappa shape index (κ2) is 9.20. The molecule has 25 heavy (non-hydrogen) atoms. The molecule has 0 aliphatic carbocycles. The maximum atomic E-state index is 4.91. The minimum Gasteiger partial charge on any atom is -0.356 e. The van der Waals surface area contributed by atoms with Gasteiger partial charge >= 0.3 is 0 Å². The van der Waals surface area contributed by atoms with Crippen LogP contribution < -0.4 is 10.2 Å². The number of aliphatic imine (C=N–C) groups is 1. The molecule has 0 saturated carbocycles. The van der Waals surface area contributed by atoms with E-state index in [0.29, 0.717) is 0 Å².